The molecule has 2 unspecified atom stereocenters. The Morgan fingerprint density at radius 1 is 0.846 bits per heavy atom. The molecule has 4 aromatic rings. The molecule has 0 saturated heterocycles. The van der Waals surface area contributed by atoms with Crippen LogP contribution in [0.3, 0.4) is 0 Å². The van der Waals surface area contributed by atoms with E-state index < -0.39 is 5.62 Å². The molecule has 0 amide bonds. The minimum Gasteiger partial charge on any atom is -0.456 e. The maximum atomic E-state index is 6.42. The van der Waals surface area contributed by atoms with Gasteiger partial charge in [-0.2, -0.15) is 0 Å². The lowest BCUT2D eigenvalue weighted by atomic mass is 10.0. The molecular weight excluding hydrogens is 346 g/mol. The van der Waals surface area contributed by atoms with E-state index in [0.29, 0.717) is 0 Å². The number of halogens is 1. The Labute approximate surface area is 155 Å². The Bertz CT molecular complexity index is 1120. The summed E-state index contributed by atoms with van der Waals surface area (Å²) in [7, 11) is 0. The second-order valence-electron chi connectivity index (χ2n) is 6.24. The summed E-state index contributed by atoms with van der Waals surface area (Å²) < 4.78 is 5.99. The van der Waals surface area contributed by atoms with Crippen LogP contribution in [0.4, 0.5) is 0 Å². The molecule has 4 nitrogen and oxygen atoms in total. The third-order valence-corrected chi connectivity index (χ3v) is 4.83. The number of amidine groups is 1. The Kier molecular flexibility index (Phi) is 3.66. The number of benzene rings is 3. The van der Waals surface area contributed by atoms with Crippen LogP contribution in [-0.4, -0.2) is 11.5 Å². The minimum atomic E-state index is -0.416. The Morgan fingerprint density at radius 2 is 1.62 bits per heavy atom. The first-order valence-corrected chi connectivity index (χ1v) is 8.93. The van der Waals surface area contributed by atoms with Crippen molar-refractivity contribution in [2.24, 2.45) is 4.99 Å². The van der Waals surface area contributed by atoms with Crippen LogP contribution in [0.2, 0.25) is 0 Å². The van der Waals surface area contributed by atoms with Gasteiger partial charge in [0.15, 0.2) is 5.62 Å². The molecular formula is C21H16ClN3O. The number of hydrogen-bond acceptors (Lipinski definition) is 4. The zero-order valence-corrected chi connectivity index (χ0v) is 14.6. The lowest BCUT2D eigenvalue weighted by Crippen LogP contribution is -2.47. The van der Waals surface area contributed by atoms with Crippen molar-refractivity contribution in [1.29, 1.82) is 0 Å². The zero-order chi connectivity index (χ0) is 17.5. The molecule has 5 rings (SSSR count). The Hall–Kier alpha value is -2.82. The molecule has 0 aliphatic carbocycles. The van der Waals surface area contributed by atoms with Gasteiger partial charge in [-0.1, -0.05) is 72.3 Å². The van der Waals surface area contributed by atoms with Crippen LogP contribution < -0.4 is 10.6 Å². The maximum absolute atomic E-state index is 6.42. The predicted octanol–water partition coefficient (Wildman–Crippen LogP) is 4.75. The molecule has 128 valence electrons. The summed E-state index contributed by atoms with van der Waals surface area (Å²) in [5, 5.41) is 8.62. The maximum Gasteiger partial charge on any atom is 0.158 e. The molecule has 0 fully saturated rings. The average Bonchev–Trinajstić information content (AvgIpc) is 3.07. The number of aliphatic imine (C=N–C) groups is 1. The second kappa shape index (κ2) is 6.16. The van der Waals surface area contributed by atoms with Crippen LogP contribution in [0, 0.1) is 0 Å². The fourth-order valence-corrected chi connectivity index (χ4v) is 3.65. The van der Waals surface area contributed by atoms with Crippen molar-refractivity contribution < 1.29 is 4.42 Å². The summed E-state index contributed by atoms with van der Waals surface area (Å²) in [6.45, 7) is 0. The molecule has 0 bridgehead atoms. The monoisotopic (exact) mass is 361 g/mol. The normalized spacial score (nSPS) is 20.1. The van der Waals surface area contributed by atoms with E-state index in [1.807, 2.05) is 66.7 Å². The van der Waals surface area contributed by atoms with Crippen LogP contribution >= 0.6 is 11.6 Å². The van der Waals surface area contributed by atoms with Crippen molar-refractivity contribution in [3.05, 3.63) is 83.9 Å². The van der Waals surface area contributed by atoms with Crippen molar-refractivity contribution in [3.8, 4) is 0 Å². The summed E-state index contributed by atoms with van der Waals surface area (Å²) in [5.41, 5.74) is 3.35. The number of para-hydroxylation sites is 1. The van der Waals surface area contributed by atoms with Gasteiger partial charge >= 0.3 is 0 Å². The van der Waals surface area contributed by atoms with Gasteiger partial charge in [0.2, 0.25) is 0 Å². The number of fused-ring (bicyclic) bond motifs is 3. The number of alkyl halides is 1. The van der Waals surface area contributed by atoms with Crippen LogP contribution in [0.5, 0.6) is 0 Å². The lowest BCUT2D eigenvalue weighted by molar-refractivity contribution is 0.483. The molecule has 5 heteroatoms. The molecule has 0 spiro atoms. The lowest BCUT2D eigenvalue weighted by Gasteiger charge is -2.28. The summed E-state index contributed by atoms with van der Waals surface area (Å²) in [6.07, 6.45) is -0.205. The smallest absolute Gasteiger partial charge is 0.158 e. The zero-order valence-electron chi connectivity index (χ0n) is 13.8. The molecule has 0 saturated carbocycles. The van der Waals surface area contributed by atoms with E-state index in [0.717, 1.165) is 38.9 Å². The van der Waals surface area contributed by atoms with Crippen molar-refractivity contribution in [2.45, 2.75) is 11.8 Å². The summed E-state index contributed by atoms with van der Waals surface area (Å²) in [5.74, 6) is 0.759. The van der Waals surface area contributed by atoms with E-state index >= 15 is 0 Å². The second-order valence-corrected chi connectivity index (χ2v) is 6.68. The van der Waals surface area contributed by atoms with Crippen LogP contribution in [0.15, 0.2) is 82.2 Å². The van der Waals surface area contributed by atoms with E-state index in [2.05, 4.69) is 16.7 Å². The average molecular weight is 362 g/mol. The van der Waals surface area contributed by atoms with E-state index in [4.69, 9.17) is 21.0 Å². The van der Waals surface area contributed by atoms with Gasteiger partial charge in [0, 0.05) is 16.3 Å². The minimum absolute atomic E-state index is 0.205. The van der Waals surface area contributed by atoms with E-state index in [9.17, 15) is 0 Å². The first-order valence-electron chi connectivity index (χ1n) is 8.50. The van der Waals surface area contributed by atoms with Crippen molar-refractivity contribution >= 4 is 39.4 Å². The molecule has 1 aliphatic rings. The highest BCUT2D eigenvalue weighted by molar-refractivity contribution is 6.24. The van der Waals surface area contributed by atoms with Crippen molar-refractivity contribution in [1.82, 2.24) is 10.6 Å². The van der Waals surface area contributed by atoms with E-state index in [-0.39, 0.29) is 6.17 Å². The molecule has 3 aromatic carbocycles. The summed E-state index contributed by atoms with van der Waals surface area (Å²) in [6, 6.07) is 24.1. The van der Waals surface area contributed by atoms with Crippen molar-refractivity contribution in [3.63, 3.8) is 0 Å². The molecule has 1 aromatic heterocycles. The number of nitrogens with one attached hydrogen (secondary N) is 2. The molecule has 2 N–H and O–H groups in total. The SMILES string of the molecule is ClC1NC(c2cccc3oc4ccccc4c23)=NC(c2ccccc2)N1. The standard InChI is InChI=1S/C21H16ClN3O/c22-21-24-19(13-7-2-1-3-8-13)23-20(25-21)15-10-6-12-17-18(15)14-9-4-5-11-16(14)26-17/h1-12,19,21,24H,(H,23,25). The first kappa shape index (κ1) is 15.4. The Balaban J connectivity index is 1.70. The molecule has 26 heavy (non-hydrogen) atoms. The summed E-state index contributed by atoms with van der Waals surface area (Å²) in [4.78, 5) is 4.88. The van der Waals surface area contributed by atoms with Gasteiger partial charge in [-0.25, -0.2) is 4.99 Å². The first-order chi connectivity index (χ1) is 12.8. The number of rotatable bonds is 2. The fraction of sp³-hybridized carbons (Fsp3) is 0.0952. The van der Waals surface area contributed by atoms with Gasteiger partial charge < -0.3 is 9.73 Å². The molecule has 2 heterocycles. The number of hydrogen-bond donors (Lipinski definition) is 2. The topological polar surface area (TPSA) is 49.6 Å². The van der Waals surface area contributed by atoms with E-state index in [1.54, 1.807) is 0 Å². The number of nitrogens with zero attached hydrogens (tertiary/aromatic N) is 1. The van der Waals surface area contributed by atoms with Crippen molar-refractivity contribution in [2.75, 3.05) is 0 Å². The van der Waals surface area contributed by atoms with Gasteiger partial charge in [-0.05, 0) is 17.7 Å². The fourth-order valence-electron chi connectivity index (χ4n) is 3.43. The Morgan fingerprint density at radius 3 is 2.50 bits per heavy atom. The molecule has 2 atom stereocenters. The van der Waals surface area contributed by atoms with Crippen LogP contribution in [0.25, 0.3) is 21.9 Å². The largest absolute Gasteiger partial charge is 0.456 e. The number of furan rings is 1. The van der Waals surface area contributed by atoms with Gasteiger partial charge in [0.05, 0.1) is 0 Å². The van der Waals surface area contributed by atoms with Gasteiger partial charge in [0.1, 0.15) is 23.2 Å². The van der Waals surface area contributed by atoms with Gasteiger partial charge in [0.25, 0.3) is 0 Å². The highest BCUT2D eigenvalue weighted by Gasteiger charge is 2.24. The van der Waals surface area contributed by atoms with Gasteiger partial charge in [-0.3, -0.25) is 5.32 Å². The summed E-state index contributed by atoms with van der Waals surface area (Å²) >= 11 is 6.42. The quantitative estimate of drug-likeness (QED) is 0.400. The van der Waals surface area contributed by atoms with Gasteiger partial charge in [-0.15, -0.1) is 0 Å². The predicted molar refractivity (Wildman–Crippen MR) is 105 cm³/mol. The molecule has 1 aliphatic heterocycles. The van der Waals surface area contributed by atoms with Crippen LogP contribution in [-0.2, 0) is 0 Å². The van der Waals surface area contributed by atoms with E-state index in [1.165, 1.54) is 0 Å². The molecule has 0 radical (unpaired) electrons. The highest BCUT2D eigenvalue weighted by Crippen LogP contribution is 2.32. The third kappa shape index (κ3) is 2.55. The third-order valence-electron chi connectivity index (χ3n) is 4.60. The van der Waals surface area contributed by atoms with Crippen LogP contribution in [0.1, 0.15) is 17.3 Å². The highest BCUT2D eigenvalue weighted by atomic mass is 35.5.